The predicted octanol–water partition coefficient (Wildman–Crippen LogP) is 5.80. The summed E-state index contributed by atoms with van der Waals surface area (Å²) in [6.45, 7) is 3.90. The van der Waals surface area contributed by atoms with Gasteiger partial charge in [0.1, 0.15) is 5.75 Å². The van der Waals surface area contributed by atoms with Gasteiger partial charge >= 0.3 is 5.97 Å². The quantitative estimate of drug-likeness (QED) is 0.189. The van der Waals surface area contributed by atoms with E-state index in [1.54, 1.807) is 38.3 Å². The van der Waals surface area contributed by atoms with Gasteiger partial charge in [-0.3, -0.25) is 4.79 Å². The van der Waals surface area contributed by atoms with Crippen LogP contribution >= 0.6 is 24.0 Å². The molecule has 0 saturated heterocycles. The number of rotatable bonds is 9. The second-order valence-electron chi connectivity index (χ2n) is 7.35. The molecule has 0 bridgehead atoms. The first-order valence-electron chi connectivity index (χ1n) is 11.0. The van der Waals surface area contributed by atoms with E-state index in [0.29, 0.717) is 28.7 Å². The number of benzene rings is 3. The molecule has 0 spiro atoms. The number of para-hydroxylation sites is 2. The molecule has 3 N–H and O–H groups in total. The molecule has 0 fully saturated rings. The highest BCUT2D eigenvalue weighted by Crippen LogP contribution is 2.27. The molecule has 0 heterocycles. The molecule has 3 aromatic rings. The van der Waals surface area contributed by atoms with Crippen molar-refractivity contribution in [3.05, 3.63) is 78.4 Å². The molecule has 3 rings (SSSR count). The summed E-state index contributed by atoms with van der Waals surface area (Å²) >= 11 is 6.86. The van der Waals surface area contributed by atoms with Crippen molar-refractivity contribution in [1.29, 1.82) is 0 Å². The smallest absolute Gasteiger partial charge is 0.338 e. The van der Waals surface area contributed by atoms with Gasteiger partial charge in [-0.15, -0.1) is 11.8 Å². The Hall–Kier alpha value is -3.56. The van der Waals surface area contributed by atoms with E-state index in [4.69, 9.17) is 21.7 Å². The fourth-order valence-corrected chi connectivity index (χ4v) is 4.24. The van der Waals surface area contributed by atoms with Gasteiger partial charge in [0.25, 0.3) is 0 Å². The fraction of sp³-hybridized carbons (Fsp3) is 0.192. The van der Waals surface area contributed by atoms with Gasteiger partial charge < -0.3 is 25.4 Å². The Labute approximate surface area is 214 Å². The molecule has 0 aromatic heterocycles. The largest absolute Gasteiger partial charge is 0.495 e. The van der Waals surface area contributed by atoms with Gasteiger partial charge in [0.15, 0.2) is 5.11 Å². The number of anilines is 3. The van der Waals surface area contributed by atoms with Crippen molar-refractivity contribution >= 4 is 58.0 Å². The number of hydrogen-bond acceptors (Lipinski definition) is 6. The maximum atomic E-state index is 12.7. The Morgan fingerprint density at radius 1 is 0.943 bits per heavy atom. The minimum atomic E-state index is -0.389. The predicted molar refractivity (Wildman–Crippen MR) is 146 cm³/mol. The van der Waals surface area contributed by atoms with Gasteiger partial charge in [-0.2, -0.15) is 0 Å². The molecule has 0 aliphatic heterocycles. The molecule has 0 radical (unpaired) electrons. The van der Waals surface area contributed by atoms with Crippen LogP contribution in [0.4, 0.5) is 17.1 Å². The summed E-state index contributed by atoms with van der Waals surface area (Å²) in [7, 11) is 1.60. The average molecular weight is 510 g/mol. The fourth-order valence-electron chi connectivity index (χ4n) is 3.09. The van der Waals surface area contributed by atoms with Crippen molar-refractivity contribution in [3.8, 4) is 5.75 Å². The first-order chi connectivity index (χ1) is 16.9. The lowest BCUT2D eigenvalue weighted by Gasteiger charge is -2.15. The molecule has 7 nitrogen and oxygen atoms in total. The number of carbonyl (C=O) groups is 2. The molecule has 1 unspecified atom stereocenters. The van der Waals surface area contributed by atoms with Crippen molar-refractivity contribution in [1.82, 2.24) is 0 Å². The van der Waals surface area contributed by atoms with E-state index >= 15 is 0 Å². The number of thiocarbonyl (C=S) groups is 1. The number of esters is 1. The Kier molecular flexibility index (Phi) is 9.51. The number of thioether (sulfide) groups is 1. The van der Waals surface area contributed by atoms with Crippen molar-refractivity contribution in [2.45, 2.75) is 24.0 Å². The lowest BCUT2D eigenvalue weighted by atomic mass is 10.2. The Balaban J connectivity index is 1.56. The molecule has 0 aliphatic rings. The summed E-state index contributed by atoms with van der Waals surface area (Å²) < 4.78 is 10.3. The van der Waals surface area contributed by atoms with Gasteiger partial charge in [-0.1, -0.05) is 18.2 Å². The van der Waals surface area contributed by atoms with E-state index in [1.807, 2.05) is 55.5 Å². The van der Waals surface area contributed by atoms with Gasteiger partial charge in [0.2, 0.25) is 5.91 Å². The first kappa shape index (κ1) is 26.1. The summed E-state index contributed by atoms with van der Waals surface area (Å²) in [4.78, 5) is 25.4. The molecule has 35 heavy (non-hydrogen) atoms. The minimum Gasteiger partial charge on any atom is -0.495 e. The van der Waals surface area contributed by atoms with Crippen molar-refractivity contribution in [2.75, 3.05) is 29.7 Å². The van der Waals surface area contributed by atoms with E-state index in [1.165, 1.54) is 11.8 Å². The van der Waals surface area contributed by atoms with Crippen LogP contribution in [0.5, 0.6) is 5.75 Å². The number of methoxy groups -OCH3 is 1. The van der Waals surface area contributed by atoms with Crippen LogP contribution in [0.3, 0.4) is 0 Å². The SMILES string of the molecule is CCOC(=O)c1ccc(NC(=O)C(C)Sc2cccc(NC(=S)Nc3ccccc3OC)c2)cc1. The molecule has 0 saturated carbocycles. The van der Waals surface area contributed by atoms with E-state index < -0.39 is 0 Å². The van der Waals surface area contributed by atoms with Gasteiger partial charge in [-0.05, 0) is 80.7 Å². The van der Waals surface area contributed by atoms with Crippen LogP contribution in [0, 0.1) is 0 Å². The third-order valence-corrected chi connectivity index (χ3v) is 6.09. The zero-order chi connectivity index (χ0) is 25.2. The number of carbonyl (C=O) groups excluding carboxylic acids is 2. The average Bonchev–Trinajstić information content (AvgIpc) is 2.85. The summed E-state index contributed by atoms with van der Waals surface area (Å²) in [6, 6.07) is 21.8. The van der Waals surface area contributed by atoms with Crippen molar-refractivity contribution < 1.29 is 19.1 Å². The third-order valence-electron chi connectivity index (χ3n) is 4.79. The van der Waals surface area contributed by atoms with Crippen molar-refractivity contribution in [3.63, 3.8) is 0 Å². The van der Waals surface area contributed by atoms with Crippen LogP contribution in [-0.2, 0) is 9.53 Å². The summed E-state index contributed by atoms with van der Waals surface area (Å²) in [6.07, 6.45) is 0. The normalized spacial score (nSPS) is 11.2. The topological polar surface area (TPSA) is 88.7 Å². The molecular formula is C26H27N3O4S2. The first-order valence-corrected chi connectivity index (χ1v) is 12.2. The lowest BCUT2D eigenvalue weighted by Crippen LogP contribution is -2.22. The van der Waals surface area contributed by atoms with Crippen molar-refractivity contribution in [2.24, 2.45) is 0 Å². The Bertz CT molecular complexity index is 1190. The molecule has 1 amide bonds. The minimum absolute atomic E-state index is 0.148. The zero-order valence-electron chi connectivity index (χ0n) is 19.7. The maximum Gasteiger partial charge on any atom is 0.338 e. The molecule has 1 atom stereocenters. The summed E-state index contributed by atoms with van der Waals surface area (Å²) in [5, 5.41) is 9.24. The van der Waals surface area contributed by atoms with Gasteiger partial charge in [0, 0.05) is 16.3 Å². The van der Waals surface area contributed by atoms with Crippen LogP contribution in [-0.4, -0.2) is 36.0 Å². The Morgan fingerprint density at radius 3 is 2.40 bits per heavy atom. The Morgan fingerprint density at radius 2 is 1.69 bits per heavy atom. The van der Waals surface area contributed by atoms with Crippen LogP contribution in [0.15, 0.2) is 77.7 Å². The summed E-state index contributed by atoms with van der Waals surface area (Å²) in [5.74, 6) is 0.155. The van der Waals surface area contributed by atoms with E-state index in [2.05, 4.69) is 16.0 Å². The second kappa shape index (κ2) is 12.8. The van der Waals surface area contributed by atoms with Crippen LogP contribution in [0.2, 0.25) is 0 Å². The van der Waals surface area contributed by atoms with Gasteiger partial charge in [0.05, 0.1) is 30.2 Å². The monoisotopic (exact) mass is 509 g/mol. The van der Waals surface area contributed by atoms with Crippen LogP contribution in [0.1, 0.15) is 24.2 Å². The number of hydrogen-bond donors (Lipinski definition) is 3. The highest BCUT2D eigenvalue weighted by atomic mass is 32.2. The molecule has 0 aliphatic carbocycles. The molecule has 9 heteroatoms. The molecule has 3 aromatic carbocycles. The standard InChI is InChI=1S/C26H27N3O4S2/c1-4-33-25(31)18-12-14-19(15-13-18)27-24(30)17(2)35-21-9-7-8-20(16-21)28-26(34)29-22-10-5-6-11-23(22)32-3/h5-17H,4H2,1-3H3,(H,27,30)(H2,28,29,34). The van der Waals surface area contributed by atoms with Crippen LogP contribution < -0.4 is 20.7 Å². The van der Waals surface area contributed by atoms with Gasteiger partial charge in [-0.25, -0.2) is 4.79 Å². The van der Waals surface area contributed by atoms with E-state index in [-0.39, 0.29) is 17.1 Å². The number of ether oxygens (including phenoxy) is 2. The van der Waals surface area contributed by atoms with Crippen LogP contribution in [0.25, 0.3) is 0 Å². The number of nitrogens with one attached hydrogen (secondary N) is 3. The second-order valence-corrected chi connectivity index (χ2v) is 9.18. The summed E-state index contributed by atoms with van der Waals surface area (Å²) in [5.41, 5.74) is 2.61. The zero-order valence-corrected chi connectivity index (χ0v) is 21.3. The lowest BCUT2D eigenvalue weighted by molar-refractivity contribution is -0.115. The number of amides is 1. The van der Waals surface area contributed by atoms with E-state index in [0.717, 1.165) is 16.3 Å². The highest BCUT2D eigenvalue weighted by Gasteiger charge is 2.16. The third kappa shape index (κ3) is 7.73. The maximum absolute atomic E-state index is 12.7. The van der Waals surface area contributed by atoms with E-state index in [9.17, 15) is 9.59 Å². The highest BCUT2D eigenvalue weighted by molar-refractivity contribution is 8.00. The molecular weight excluding hydrogens is 482 g/mol. The molecule has 182 valence electrons.